The van der Waals surface area contributed by atoms with Crippen molar-refractivity contribution < 1.29 is 9.53 Å². The van der Waals surface area contributed by atoms with Gasteiger partial charge in [-0.15, -0.1) is 0 Å². The quantitative estimate of drug-likeness (QED) is 0.801. The van der Waals surface area contributed by atoms with E-state index in [0.717, 1.165) is 31.8 Å². The highest BCUT2D eigenvalue weighted by atomic mass is 16.5. The Morgan fingerprint density at radius 1 is 1.25 bits per heavy atom. The van der Waals surface area contributed by atoms with Gasteiger partial charge in [-0.2, -0.15) is 5.26 Å². The number of carbonyl (C=O) groups excluding carboxylic acids is 1. The molecule has 8 heteroatoms. The van der Waals surface area contributed by atoms with Crippen molar-refractivity contribution in [2.75, 3.05) is 38.2 Å². The fourth-order valence-corrected chi connectivity index (χ4v) is 3.93. The third kappa shape index (κ3) is 3.58. The number of methoxy groups -OCH3 is 1. The molecule has 1 saturated heterocycles. The number of fused-ring (bicyclic) bond motifs is 1. The normalized spacial score (nSPS) is 17.7. The van der Waals surface area contributed by atoms with E-state index in [9.17, 15) is 10.1 Å². The minimum absolute atomic E-state index is 0.00322. The number of piperidine rings is 1. The number of hydrogen-bond donors (Lipinski definition) is 0. The summed E-state index contributed by atoms with van der Waals surface area (Å²) in [4.78, 5) is 25.8. The number of pyridine rings is 1. The van der Waals surface area contributed by atoms with Crippen LogP contribution in [0.1, 0.15) is 34.7 Å². The van der Waals surface area contributed by atoms with Crippen LogP contribution in [-0.2, 0) is 17.7 Å². The molecule has 0 aromatic carbocycles. The number of hydrogen-bond acceptors (Lipinski definition) is 6. The van der Waals surface area contributed by atoms with Gasteiger partial charge in [0.15, 0.2) is 0 Å². The summed E-state index contributed by atoms with van der Waals surface area (Å²) in [6, 6.07) is 5.77. The molecule has 1 amide bonds. The second-order valence-electron chi connectivity index (χ2n) is 7.19. The van der Waals surface area contributed by atoms with E-state index in [0.29, 0.717) is 43.1 Å². The maximum Gasteiger partial charge on any atom is 0.274 e. The van der Waals surface area contributed by atoms with Crippen LogP contribution in [0.3, 0.4) is 0 Å². The van der Waals surface area contributed by atoms with Gasteiger partial charge in [-0.25, -0.2) is 9.97 Å². The molecule has 2 aliphatic heterocycles. The number of rotatable bonds is 3. The first-order chi connectivity index (χ1) is 13.7. The summed E-state index contributed by atoms with van der Waals surface area (Å²) in [5, 5.41) is 9.32. The Labute approximate surface area is 164 Å². The summed E-state index contributed by atoms with van der Waals surface area (Å²) in [5.74, 6) is 1.63. The number of imidazole rings is 1. The number of carbonyl (C=O) groups is 1. The van der Waals surface area contributed by atoms with Gasteiger partial charge in [0.25, 0.3) is 5.91 Å². The molecule has 0 N–H and O–H groups in total. The SMILES string of the molecule is COC1CCN(C(=O)c2cn3c(n2)CCN(c2ncccc2C#N)CC3)CC1. The summed E-state index contributed by atoms with van der Waals surface area (Å²) in [7, 11) is 1.72. The van der Waals surface area contributed by atoms with E-state index in [1.165, 1.54) is 0 Å². The van der Waals surface area contributed by atoms with Crippen molar-refractivity contribution in [1.29, 1.82) is 5.26 Å². The van der Waals surface area contributed by atoms with E-state index < -0.39 is 0 Å². The van der Waals surface area contributed by atoms with Crippen LogP contribution in [0.15, 0.2) is 24.5 Å². The minimum atomic E-state index is 0.00322. The van der Waals surface area contributed by atoms with Gasteiger partial charge < -0.3 is 19.1 Å². The molecular weight excluding hydrogens is 356 g/mol. The maximum atomic E-state index is 12.8. The van der Waals surface area contributed by atoms with Crippen molar-refractivity contribution >= 4 is 11.7 Å². The maximum absolute atomic E-state index is 12.8. The van der Waals surface area contributed by atoms with Gasteiger partial charge in [-0.3, -0.25) is 4.79 Å². The van der Waals surface area contributed by atoms with Crippen LogP contribution >= 0.6 is 0 Å². The third-order valence-corrected chi connectivity index (χ3v) is 5.56. The number of aromatic nitrogens is 3. The van der Waals surface area contributed by atoms with E-state index in [2.05, 4.69) is 25.5 Å². The lowest BCUT2D eigenvalue weighted by Crippen LogP contribution is -2.40. The molecule has 4 rings (SSSR count). The summed E-state index contributed by atoms with van der Waals surface area (Å²) >= 11 is 0. The van der Waals surface area contributed by atoms with Crippen molar-refractivity contribution in [2.45, 2.75) is 31.9 Å². The van der Waals surface area contributed by atoms with Gasteiger partial charge >= 0.3 is 0 Å². The monoisotopic (exact) mass is 380 g/mol. The van der Waals surface area contributed by atoms with Crippen LogP contribution in [0.2, 0.25) is 0 Å². The molecule has 4 heterocycles. The van der Waals surface area contributed by atoms with Gasteiger partial charge in [0.2, 0.25) is 0 Å². The molecule has 1 fully saturated rings. The van der Waals surface area contributed by atoms with Crippen molar-refractivity contribution in [3.63, 3.8) is 0 Å². The lowest BCUT2D eigenvalue weighted by atomic mass is 10.1. The van der Waals surface area contributed by atoms with E-state index in [1.807, 2.05) is 11.1 Å². The van der Waals surface area contributed by atoms with Gasteiger partial charge in [0, 0.05) is 58.6 Å². The van der Waals surface area contributed by atoms with Crippen LogP contribution in [0.25, 0.3) is 0 Å². The molecule has 0 bridgehead atoms. The molecule has 0 aliphatic carbocycles. The Kier molecular flexibility index (Phi) is 5.26. The largest absolute Gasteiger partial charge is 0.381 e. The molecule has 2 aromatic heterocycles. The van der Waals surface area contributed by atoms with Crippen molar-refractivity contribution in [3.05, 3.63) is 41.6 Å². The van der Waals surface area contributed by atoms with Crippen LogP contribution in [0.5, 0.6) is 0 Å². The number of ether oxygens (including phenoxy) is 1. The fourth-order valence-electron chi connectivity index (χ4n) is 3.93. The Balaban J connectivity index is 1.44. The highest BCUT2D eigenvalue weighted by Crippen LogP contribution is 2.21. The van der Waals surface area contributed by atoms with Crippen molar-refractivity contribution in [3.8, 4) is 6.07 Å². The summed E-state index contributed by atoms with van der Waals surface area (Å²) < 4.78 is 7.44. The summed E-state index contributed by atoms with van der Waals surface area (Å²) in [6.07, 6.45) is 6.28. The predicted molar refractivity (Wildman–Crippen MR) is 103 cm³/mol. The summed E-state index contributed by atoms with van der Waals surface area (Å²) in [6.45, 7) is 3.58. The fraction of sp³-hybridized carbons (Fsp3) is 0.500. The Hall–Kier alpha value is -2.92. The van der Waals surface area contributed by atoms with Crippen molar-refractivity contribution in [1.82, 2.24) is 19.4 Å². The average Bonchev–Trinajstić information content (AvgIpc) is 3.06. The first-order valence-corrected chi connectivity index (χ1v) is 9.67. The molecule has 8 nitrogen and oxygen atoms in total. The zero-order valence-electron chi connectivity index (χ0n) is 16.0. The van der Waals surface area contributed by atoms with E-state index in [1.54, 1.807) is 25.4 Å². The molecule has 2 aromatic rings. The molecule has 28 heavy (non-hydrogen) atoms. The van der Waals surface area contributed by atoms with E-state index >= 15 is 0 Å². The second-order valence-corrected chi connectivity index (χ2v) is 7.19. The minimum Gasteiger partial charge on any atom is -0.381 e. The Bertz CT molecular complexity index is 869. The highest BCUT2D eigenvalue weighted by molar-refractivity contribution is 5.92. The number of anilines is 1. The van der Waals surface area contributed by atoms with Gasteiger partial charge in [-0.05, 0) is 25.0 Å². The zero-order valence-corrected chi connectivity index (χ0v) is 16.0. The van der Waals surface area contributed by atoms with Gasteiger partial charge in [0.1, 0.15) is 23.4 Å². The molecule has 0 saturated carbocycles. The smallest absolute Gasteiger partial charge is 0.274 e. The van der Waals surface area contributed by atoms with Crippen LogP contribution in [0, 0.1) is 11.3 Å². The Morgan fingerprint density at radius 2 is 2.07 bits per heavy atom. The molecule has 0 unspecified atom stereocenters. The summed E-state index contributed by atoms with van der Waals surface area (Å²) in [5.41, 5.74) is 1.10. The number of nitriles is 1. The lowest BCUT2D eigenvalue weighted by molar-refractivity contribution is 0.0348. The first-order valence-electron chi connectivity index (χ1n) is 9.67. The Morgan fingerprint density at radius 3 is 2.82 bits per heavy atom. The zero-order chi connectivity index (χ0) is 19.5. The first kappa shape index (κ1) is 18.4. The molecule has 0 radical (unpaired) electrons. The molecule has 146 valence electrons. The van der Waals surface area contributed by atoms with E-state index in [-0.39, 0.29) is 12.0 Å². The van der Waals surface area contributed by atoms with Crippen LogP contribution in [0.4, 0.5) is 5.82 Å². The standard InChI is InChI=1S/C20H24N6O2/c1-28-16-4-8-25(9-5-16)20(27)17-14-26-12-11-24(10-6-18(26)23-17)19-15(13-21)3-2-7-22-19/h2-3,7,14,16H,4-6,8-12H2,1H3. The van der Waals surface area contributed by atoms with E-state index in [4.69, 9.17) is 4.74 Å². The third-order valence-electron chi connectivity index (χ3n) is 5.56. The van der Waals surface area contributed by atoms with Gasteiger partial charge in [-0.1, -0.05) is 0 Å². The van der Waals surface area contributed by atoms with Gasteiger partial charge in [0.05, 0.1) is 11.7 Å². The lowest BCUT2D eigenvalue weighted by Gasteiger charge is -2.30. The number of nitrogens with zero attached hydrogens (tertiary/aromatic N) is 6. The van der Waals surface area contributed by atoms with Crippen LogP contribution in [-0.4, -0.2) is 64.7 Å². The molecule has 0 spiro atoms. The van der Waals surface area contributed by atoms with Crippen LogP contribution < -0.4 is 4.90 Å². The average molecular weight is 380 g/mol. The second kappa shape index (κ2) is 7.98. The molecule has 0 atom stereocenters. The highest BCUT2D eigenvalue weighted by Gasteiger charge is 2.27. The predicted octanol–water partition coefficient (Wildman–Crippen LogP) is 1.46. The topological polar surface area (TPSA) is 87.3 Å². The van der Waals surface area contributed by atoms with Crippen molar-refractivity contribution in [2.24, 2.45) is 0 Å². The molecule has 2 aliphatic rings. The number of likely N-dealkylation sites (tertiary alicyclic amines) is 1. The number of amides is 1. The molecular formula is C20H24N6O2.